The van der Waals surface area contributed by atoms with Gasteiger partial charge in [0.05, 0.1) is 17.6 Å². The molecule has 1 unspecified atom stereocenters. The predicted molar refractivity (Wildman–Crippen MR) is 119 cm³/mol. The lowest BCUT2D eigenvalue weighted by atomic mass is 10.0. The van der Waals surface area contributed by atoms with Gasteiger partial charge in [-0.15, -0.1) is 12.4 Å². The summed E-state index contributed by atoms with van der Waals surface area (Å²) in [5.74, 6) is 0.643. The van der Waals surface area contributed by atoms with Gasteiger partial charge in [-0.3, -0.25) is 4.79 Å². The molecule has 1 aromatic heterocycles. The van der Waals surface area contributed by atoms with Crippen molar-refractivity contribution in [1.29, 1.82) is 0 Å². The number of benzene rings is 2. The predicted octanol–water partition coefficient (Wildman–Crippen LogP) is 3.85. The average molecular weight is 435 g/mol. The van der Waals surface area contributed by atoms with Gasteiger partial charge in [-0.2, -0.15) is 0 Å². The molecule has 1 atom stereocenters. The molecule has 0 saturated carbocycles. The number of nitrogens with one attached hydrogen (secondary N) is 3. The molecule has 0 spiro atoms. The molecule has 1 amide bonds. The van der Waals surface area contributed by atoms with Crippen molar-refractivity contribution in [2.45, 2.75) is 25.8 Å². The SMILES string of the molecule is Cl.O=C(CCC1CCNC1)N(Cc1ccc(Cl)cc1)c1ccc2[nH]c(=O)[nH]c2c1. The maximum absolute atomic E-state index is 13.1. The fraction of sp³-hybridized carbons (Fsp3) is 0.333. The standard InChI is InChI=1S/C21H23ClN4O2.ClH/c22-16-4-1-15(2-5-16)13-26(20(27)8-3-14-9-10-23-12-14)17-6-7-18-19(11-17)25-21(28)24-18;/h1-2,4-7,11,14,23H,3,8-10,12-13H2,(H2,24,25,28);1H. The highest BCUT2D eigenvalue weighted by Gasteiger charge is 2.21. The molecule has 29 heavy (non-hydrogen) atoms. The quantitative estimate of drug-likeness (QED) is 0.550. The Balaban J connectivity index is 0.00000240. The molecule has 2 aromatic carbocycles. The number of fused-ring (bicyclic) bond motifs is 1. The van der Waals surface area contributed by atoms with Gasteiger partial charge in [-0.1, -0.05) is 23.7 Å². The van der Waals surface area contributed by atoms with Crippen LogP contribution in [0, 0.1) is 5.92 Å². The maximum Gasteiger partial charge on any atom is 0.323 e. The summed E-state index contributed by atoms with van der Waals surface area (Å²) in [6.07, 6.45) is 2.51. The molecule has 1 fully saturated rings. The lowest BCUT2D eigenvalue weighted by Crippen LogP contribution is -2.30. The molecule has 4 rings (SSSR count). The van der Waals surface area contributed by atoms with E-state index in [0.29, 0.717) is 29.4 Å². The second-order valence-corrected chi connectivity index (χ2v) is 7.75. The molecule has 1 saturated heterocycles. The van der Waals surface area contributed by atoms with Crippen LogP contribution in [0.1, 0.15) is 24.8 Å². The zero-order valence-electron chi connectivity index (χ0n) is 15.9. The highest BCUT2D eigenvalue weighted by Crippen LogP contribution is 2.24. The molecule has 1 aliphatic rings. The molecular formula is C21H24Cl2N4O2. The summed E-state index contributed by atoms with van der Waals surface area (Å²) < 4.78 is 0. The van der Waals surface area contributed by atoms with Crippen LogP contribution in [0.2, 0.25) is 5.02 Å². The minimum absolute atomic E-state index is 0. The smallest absolute Gasteiger partial charge is 0.316 e. The molecule has 0 radical (unpaired) electrons. The second-order valence-electron chi connectivity index (χ2n) is 7.31. The minimum Gasteiger partial charge on any atom is -0.316 e. The Labute approximate surface area is 180 Å². The van der Waals surface area contributed by atoms with E-state index >= 15 is 0 Å². The lowest BCUT2D eigenvalue weighted by Gasteiger charge is -2.24. The lowest BCUT2D eigenvalue weighted by molar-refractivity contribution is -0.119. The van der Waals surface area contributed by atoms with Gasteiger partial charge in [0, 0.05) is 17.1 Å². The Morgan fingerprint density at radius 1 is 1.10 bits per heavy atom. The van der Waals surface area contributed by atoms with Crippen LogP contribution < -0.4 is 15.9 Å². The van der Waals surface area contributed by atoms with Crippen LogP contribution in [0.25, 0.3) is 11.0 Å². The number of carbonyl (C=O) groups excluding carboxylic acids is 1. The van der Waals surface area contributed by atoms with Gasteiger partial charge in [0.25, 0.3) is 0 Å². The summed E-state index contributed by atoms with van der Waals surface area (Å²) in [6, 6.07) is 13.1. The highest BCUT2D eigenvalue weighted by atomic mass is 35.5. The molecule has 8 heteroatoms. The molecule has 0 bridgehead atoms. The topological polar surface area (TPSA) is 81.0 Å². The Morgan fingerprint density at radius 3 is 2.59 bits per heavy atom. The van der Waals surface area contributed by atoms with Gasteiger partial charge in [0.15, 0.2) is 0 Å². The molecular weight excluding hydrogens is 411 g/mol. The molecule has 3 N–H and O–H groups in total. The van der Waals surface area contributed by atoms with Crippen LogP contribution in [-0.4, -0.2) is 29.0 Å². The van der Waals surface area contributed by atoms with Crippen molar-refractivity contribution >= 4 is 46.6 Å². The summed E-state index contributed by atoms with van der Waals surface area (Å²) in [7, 11) is 0. The Hall–Kier alpha value is -2.28. The number of halogens is 2. The van der Waals surface area contributed by atoms with E-state index < -0.39 is 0 Å². The van der Waals surface area contributed by atoms with Crippen LogP contribution in [0.15, 0.2) is 47.3 Å². The monoisotopic (exact) mass is 434 g/mol. The number of rotatable bonds is 6. The Morgan fingerprint density at radius 2 is 1.86 bits per heavy atom. The third-order valence-electron chi connectivity index (χ3n) is 5.30. The van der Waals surface area contributed by atoms with Crippen LogP contribution in [0.5, 0.6) is 0 Å². The summed E-state index contributed by atoms with van der Waals surface area (Å²) in [5, 5.41) is 4.02. The average Bonchev–Trinajstić information content (AvgIpc) is 3.33. The van der Waals surface area contributed by atoms with Crippen molar-refractivity contribution in [3.63, 3.8) is 0 Å². The van der Waals surface area contributed by atoms with E-state index in [0.717, 1.165) is 42.7 Å². The van der Waals surface area contributed by atoms with Gasteiger partial charge in [0.1, 0.15) is 0 Å². The maximum atomic E-state index is 13.1. The fourth-order valence-electron chi connectivity index (χ4n) is 3.71. The third-order valence-corrected chi connectivity index (χ3v) is 5.55. The first-order valence-corrected chi connectivity index (χ1v) is 9.94. The molecule has 0 aliphatic carbocycles. The van der Waals surface area contributed by atoms with Crippen molar-refractivity contribution in [2.24, 2.45) is 5.92 Å². The summed E-state index contributed by atoms with van der Waals surface area (Å²) in [4.78, 5) is 32.0. The number of aromatic nitrogens is 2. The van der Waals surface area contributed by atoms with Crippen molar-refractivity contribution in [3.8, 4) is 0 Å². The number of anilines is 1. The van der Waals surface area contributed by atoms with Gasteiger partial charge >= 0.3 is 5.69 Å². The largest absolute Gasteiger partial charge is 0.323 e. The number of hydrogen-bond acceptors (Lipinski definition) is 3. The van der Waals surface area contributed by atoms with Gasteiger partial charge < -0.3 is 20.2 Å². The summed E-state index contributed by atoms with van der Waals surface area (Å²) >= 11 is 5.99. The number of amides is 1. The van der Waals surface area contributed by atoms with E-state index in [1.54, 1.807) is 4.90 Å². The summed E-state index contributed by atoms with van der Waals surface area (Å²) in [5.41, 5.74) is 2.94. The van der Waals surface area contributed by atoms with Crippen molar-refractivity contribution in [1.82, 2.24) is 15.3 Å². The molecule has 3 aromatic rings. The third kappa shape index (κ3) is 5.21. The minimum atomic E-state index is -0.253. The van der Waals surface area contributed by atoms with Crippen LogP contribution >= 0.6 is 24.0 Å². The highest BCUT2D eigenvalue weighted by molar-refractivity contribution is 6.30. The van der Waals surface area contributed by atoms with E-state index in [9.17, 15) is 9.59 Å². The van der Waals surface area contributed by atoms with Gasteiger partial charge in [-0.25, -0.2) is 4.79 Å². The Bertz CT molecular complexity index is 1020. The molecule has 154 valence electrons. The van der Waals surface area contributed by atoms with Crippen molar-refractivity contribution in [2.75, 3.05) is 18.0 Å². The molecule has 1 aliphatic heterocycles. The zero-order valence-corrected chi connectivity index (χ0v) is 17.5. The second kappa shape index (κ2) is 9.48. The number of aromatic amines is 2. The number of hydrogen-bond donors (Lipinski definition) is 3. The zero-order chi connectivity index (χ0) is 19.5. The normalized spacial score (nSPS) is 16.0. The summed E-state index contributed by atoms with van der Waals surface area (Å²) in [6.45, 7) is 2.48. The Kier molecular flexibility index (Phi) is 7.00. The van der Waals surface area contributed by atoms with Crippen LogP contribution in [0.4, 0.5) is 5.69 Å². The van der Waals surface area contributed by atoms with E-state index in [4.69, 9.17) is 11.6 Å². The van der Waals surface area contributed by atoms with Crippen LogP contribution in [0.3, 0.4) is 0 Å². The first kappa shape index (κ1) is 21.4. The van der Waals surface area contributed by atoms with Crippen LogP contribution in [-0.2, 0) is 11.3 Å². The number of H-pyrrole nitrogens is 2. The van der Waals surface area contributed by atoms with Gasteiger partial charge in [0.2, 0.25) is 5.91 Å². The number of imidazole rings is 1. The fourth-order valence-corrected chi connectivity index (χ4v) is 3.83. The van der Waals surface area contributed by atoms with E-state index in [2.05, 4.69) is 15.3 Å². The van der Waals surface area contributed by atoms with E-state index in [1.807, 2.05) is 42.5 Å². The van der Waals surface area contributed by atoms with Gasteiger partial charge in [-0.05, 0) is 67.7 Å². The van der Waals surface area contributed by atoms with E-state index in [1.165, 1.54) is 0 Å². The first-order chi connectivity index (χ1) is 13.6. The van der Waals surface area contributed by atoms with E-state index in [-0.39, 0.29) is 24.0 Å². The van der Waals surface area contributed by atoms with Crippen molar-refractivity contribution < 1.29 is 4.79 Å². The molecule has 6 nitrogen and oxygen atoms in total. The van der Waals surface area contributed by atoms with Crippen molar-refractivity contribution in [3.05, 3.63) is 63.5 Å². The number of nitrogens with zero attached hydrogens (tertiary/aromatic N) is 1. The molecule has 2 heterocycles. The first-order valence-electron chi connectivity index (χ1n) is 9.56. The number of carbonyl (C=O) groups is 1.